The van der Waals surface area contributed by atoms with E-state index in [-0.39, 0.29) is 11.3 Å². The predicted octanol–water partition coefficient (Wildman–Crippen LogP) is 3.76. The summed E-state index contributed by atoms with van der Waals surface area (Å²) in [5.74, 6) is 0.979. The summed E-state index contributed by atoms with van der Waals surface area (Å²) >= 11 is 9.24. The summed E-state index contributed by atoms with van der Waals surface area (Å²) in [5.41, 5.74) is 0.324. The molecule has 7 heteroatoms. The Morgan fingerprint density at radius 3 is 2.68 bits per heavy atom. The smallest absolute Gasteiger partial charge is 0.251 e. The zero-order valence-corrected chi connectivity index (χ0v) is 15.0. The van der Waals surface area contributed by atoms with E-state index in [2.05, 4.69) is 31.4 Å². The maximum Gasteiger partial charge on any atom is 0.251 e. The third kappa shape index (κ3) is 4.55. The minimum Gasteiger partial charge on any atom is -0.352 e. The van der Waals surface area contributed by atoms with Crippen LogP contribution in [0.2, 0.25) is 5.02 Å². The molecule has 0 saturated carbocycles. The van der Waals surface area contributed by atoms with E-state index in [1.165, 1.54) is 0 Å². The number of hydrogen-bond donors (Lipinski definition) is 1. The van der Waals surface area contributed by atoms with Gasteiger partial charge in [-0.25, -0.2) is 0 Å². The fourth-order valence-corrected chi connectivity index (χ4v) is 2.60. The van der Waals surface area contributed by atoms with E-state index in [1.807, 2.05) is 20.8 Å². The fraction of sp³-hybridized carbons (Fsp3) is 0.400. The molecule has 1 N–H and O–H groups in total. The highest BCUT2D eigenvalue weighted by Crippen LogP contribution is 2.20. The van der Waals surface area contributed by atoms with Crippen molar-refractivity contribution in [1.29, 1.82) is 0 Å². The summed E-state index contributed by atoms with van der Waals surface area (Å²) in [6.45, 7) is 6.43. The molecule has 0 aliphatic heterocycles. The van der Waals surface area contributed by atoms with Gasteiger partial charge >= 0.3 is 0 Å². The van der Waals surface area contributed by atoms with Crippen molar-refractivity contribution >= 4 is 33.4 Å². The molecule has 5 nitrogen and oxygen atoms in total. The average molecular weight is 387 g/mol. The Labute approximate surface area is 142 Å². The normalized spacial score (nSPS) is 11.5. The van der Waals surface area contributed by atoms with Gasteiger partial charge < -0.3 is 9.84 Å². The Bertz CT molecular complexity index is 659. The summed E-state index contributed by atoms with van der Waals surface area (Å²) in [6.07, 6.45) is 0.507. The van der Waals surface area contributed by atoms with Crippen molar-refractivity contribution in [3.63, 3.8) is 0 Å². The van der Waals surface area contributed by atoms with E-state index in [0.29, 0.717) is 35.3 Å². The average Bonchev–Trinajstić information content (AvgIpc) is 2.86. The van der Waals surface area contributed by atoms with E-state index < -0.39 is 0 Å². The van der Waals surface area contributed by atoms with Crippen molar-refractivity contribution in [2.75, 3.05) is 6.54 Å². The van der Waals surface area contributed by atoms with Crippen molar-refractivity contribution < 1.29 is 9.32 Å². The Morgan fingerprint density at radius 2 is 2.09 bits per heavy atom. The van der Waals surface area contributed by atoms with Crippen molar-refractivity contribution in [3.8, 4) is 0 Å². The molecule has 22 heavy (non-hydrogen) atoms. The molecule has 0 saturated heterocycles. The maximum absolute atomic E-state index is 12.0. The number of hydrogen-bond acceptors (Lipinski definition) is 4. The molecule has 2 aromatic rings. The van der Waals surface area contributed by atoms with Gasteiger partial charge in [0.2, 0.25) is 5.89 Å². The first-order chi connectivity index (χ1) is 10.3. The topological polar surface area (TPSA) is 68.0 Å². The molecule has 0 aliphatic carbocycles. The Morgan fingerprint density at radius 1 is 1.36 bits per heavy atom. The summed E-state index contributed by atoms with van der Waals surface area (Å²) in [5, 5.41) is 7.23. The molecule has 1 heterocycles. The van der Waals surface area contributed by atoms with Crippen LogP contribution in [0.3, 0.4) is 0 Å². The van der Waals surface area contributed by atoms with Gasteiger partial charge in [0.25, 0.3) is 5.91 Å². The molecule has 2 rings (SSSR count). The maximum atomic E-state index is 12.0. The lowest BCUT2D eigenvalue weighted by atomic mass is 9.97. The largest absolute Gasteiger partial charge is 0.352 e. The zero-order chi connectivity index (χ0) is 16.3. The van der Waals surface area contributed by atoms with Crippen LogP contribution in [0.1, 0.15) is 42.8 Å². The van der Waals surface area contributed by atoms with Crippen LogP contribution in [0.25, 0.3) is 0 Å². The minimum atomic E-state index is -0.192. The Kier molecular flexibility index (Phi) is 5.24. The number of nitrogens with zero attached hydrogens (tertiary/aromatic N) is 2. The summed E-state index contributed by atoms with van der Waals surface area (Å²) in [6, 6.07) is 5.06. The molecule has 0 fully saturated rings. The third-order valence-corrected chi connectivity index (χ3v) is 3.54. The van der Waals surface area contributed by atoms with Crippen molar-refractivity contribution in [3.05, 3.63) is 45.0 Å². The molecule has 0 atom stereocenters. The highest BCUT2D eigenvalue weighted by molar-refractivity contribution is 9.10. The van der Waals surface area contributed by atoms with Crippen molar-refractivity contribution in [2.24, 2.45) is 0 Å². The zero-order valence-electron chi connectivity index (χ0n) is 12.6. The summed E-state index contributed by atoms with van der Waals surface area (Å²) in [4.78, 5) is 16.4. The van der Waals surface area contributed by atoms with Crippen LogP contribution in [0.5, 0.6) is 0 Å². The number of rotatable bonds is 4. The van der Waals surface area contributed by atoms with Gasteiger partial charge in [-0.3, -0.25) is 4.79 Å². The van der Waals surface area contributed by atoms with Gasteiger partial charge in [0.1, 0.15) is 0 Å². The van der Waals surface area contributed by atoms with E-state index in [9.17, 15) is 4.79 Å². The van der Waals surface area contributed by atoms with Crippen LogP contribution in [0.15, 0.2) is 27.2 Å². The molecule has 118 valence electrons. The van der Waals surface area contributed by atoms with Gasteiger partial charge in [0, 0.05) is 33.4 Å². The van der Waals surface area contributed by atoms with Gasteiger partial charge in [-0.05, 0) is 18.2 Å². The number of carbonyl (C=O) groups is 1. The van der Waals surface area contributed by atoms with E-state index >= 15 is 0 Å². The van der Waals surface area contributed by atoms with Gasteiger partial charge in [-0.1, -0.05) is 53.5 Å². The first kappa shape index (κ1) is 17.0. The molecule has 0 radical (unpaired) electrons. The number of benzene rings is 1. The summed E-state index contributed by atoms with van der Waals surface area (Å²) in [7, 11) is 0. The van der Waals surface area contributed by atoms with E-state index in [0.717, 1.165) is 4.47 Å². The molecular weight excluding hydrogens is 370 g/mol. The first-order valence-corrected chi connectivity index (χ1v) is 8.00. The molecule has 0 bridgehead atoms. The lowest BCUT2D eigenvalue weighted by Crippen LogP contribution is -2.26. The van der Waals surface area contributed by atoms with Crippen LogP contribution in [0, 0.1) is 0 Å². The minimum absolute atomic E-state index is 0.179. The number of amides is 1. The Hall–Kier alpha value is -1.40. The molecule has 0 aliphatic rings. The lowest BCUT2D eigenvalue weighted by molar-refractivity contribution is 0.0954. The highest BCUT2D eigenvalue weighted by atomic mass is 79.9. The number of aromatic nitrogens is 2. The van der Waals surface area contributed by atoms with Gasteiger partial charge in [0.05, 0.1) is 0 Å². The van der Waals surface area contributed by atoms with Crippen molar-refractivity contribution in [2.45, 2.75) is 32.6 Å². The van der Waals surface area contributed by atoms with Crippen molar-refractivity contribution in [1.82, 2.24) is 15.5 Å². The van der Waals surface area contributed by atoms with Crippen LogP contribution in [-0.2, 0) is 11.8 Å². The molecule has 0 spiro atoms. The lowest BCUT2D eigenvalue weighted by Gasteiger charge is -2.10. The highest BCUT2D eigenvalue weighted by Gasteiger charge is 2.21. The fourth-order valence-electron chi connectivity index (χ4n) is 1.73. The van der Waals surface area contributed by atoms with Gasteiger partial charge in [-0.2, -0.15) is 4.98 Å². The standard InChI is InChI=1S/C15H17BrClN3O2/c1-15(2,3)14-19-12(20-22-14)4-5-18-13(21)9-6-10(16)8-11(17)7-9/h6-8H,4-5H2,1-3H3,(H,18,21). The van der Waals surface area contributed by atoms with E-state index in [1.54, 1.807) is 18.2 Å². The predicted molar refractivity (Wildman–Crippen MR) is 88.2 cm³/mol. The Balaban J connectivity index is 1.90. The monoisotopic (exact) mass is 385 g/mol. The quantitative estimate of drug-likeness (QED) is 0.869. The van der Waals surface area contributed by atoms with Crippen LogP contribution < -0.4 is 5.32 Å². The van der Waals surface area contributed by atoms with Gasteiger partial charge in [-0.15, -0.1) is 0 Å². The molecule has 1 aromatic heterocycles. The van der Waals surface area contributed by atoms with Gasteiger partial charge in [0.15, 0.2) is 5.82 Å². The van der Waals surface area contributed by atoms with Crippen LogP contribution in [-0.4, -0.2) is 22.6 Å². The SMILES string of the molecule is CC(C)(C)c1nc(CCNC(=O)c2cc(Cl)cc(Br)c2)no1. The molecule has 0 unspecified atom stereocenters. The number of carbonyl (C=O) groups excluding carboxylic acids is 1. The van der Waals surface area contributed by atoms with Crippen LogP contribution in [0.4, 0.5) is 0 Å². The summed E-state index contributed by atoms with van der Waals surface area (Å²) < 4.78 is 5.97. The molecule has 1 amide bonds. The van der Waals surface area contributed by atoms with E-state index in [4.69, 9.17) is 16.1 Å². The molecule has 1 aromatic carbocycles. The first-order valence-electron chi connectivity index (χ1n) is 6.83. The second-order valence-electron chi connectivity index (χ2n) is 5.93. The second kappa shape index (κ2) is 6.79. The molecular formula is C15H17BrClN3O2. The van der Waals surface area contributed by atoms with Crippen LogP contribution >= 0.6 is 27.5 Å². The third-order valence-electron chi connectivity index (χ3n) is 2.87. The number of halogens is 2. The second-order valence-corrected chi connectivity index (χ2v) is 7.28. The number of nitrogens with one attached hydrogen (secondary N) is 1.